The second kappa shape index (κ2) is 3.62. The molecule has 2 rings (SSSR count). The highest BCUT2D eigenvalue weighted by Gasteiger charge is 1.99. The van der Waals surface area contributed by atoms with Crippen LogP contribution in [0.15, 0.2) is 24.4 Å². The van der Waals surface area contributed by atoms with Crippen molar-refractivity contribution in [2.75, 3.05) is 7.11 Å². The molecule has 0 unspecified atom stereocenters. The zero-order chi connectivity index (χ0) is 9.97. The molecule has 2 heterocycles. The van der Waals surface area contributed by atoms with E-state index < -0.39 is 0 Å². The number of aromatic nitrogens is 2. The fraction of sp³-hybridized carbons (Fsp3) is 0.273. The van der Waals surface area contributed by atoms with Crippen molar-refractivity contribution in [2.45, 2.75) is 13.3 Å². The maximum atomic E-state index is 5.06. The largest absolute Gasteiger partial charge is 0.481 e. The zero-order valence-electron chi connectivity index (χ0n) is 8.32. The van der Waals surface area contributed by atoms with E-state index in [0.717, 1.165) is 17.5 Å². The number of hydrogen-bond acceptors (Lipinski definition) is 3. The molecule has 0 bridgehead atoms. The van der Waals surface area contributed by atoms with Crippen LogP contribution in [-0.2, 0) is 6.42 Å². The molecule has 2 aromatic rings. The summed E-state index contributed by atoms with van der Waals surface area (Å²) in [5, 5.41) is 0. The van der Waals surface area contributed by atoms with Crippen LogP contribution in [0.25, 0.3) is 11.0 Å². The van der Waals surface area contributed by atoms with Crippen molar-refractivity contribution in [3.63, 3.8) is 0 Å². The molecule has 0 spiro atoms. The van der Waals surface area contributed by atoms with Crippen molar-refractivity contribution in [3.05, 3.63) is 30.0 Å². The molecule has 2 aromatic heterocycles. The SMILES string of the molecule is CCc1cnc2ccc(OC)nc2c1. The van der Waals surface area contributed by atoms with Gasteiger partial charge in [-0.1, -0.05) is 6.92 Å². The summed E-state index contributed by atoms with van der Waals surface area (Å²) < 4.78 is 5.06. The predicted molar refractivity (Wildman–Crippen MR) is 55.5 cm³/mol. The fourth-order valence-corrected chi connectivity index (χ4v) is 1.34. The Morgan fingerprint density at radius 3 is 2.86 bits per heavy atom. The summed E-state index contributed by atoms with van der Waals surface area (Å²) in [6.45, 7) is 2.10. The highest BCUT2D eigenvalue weighted by molar-refractivity contribution is 5.75. The van der Waals surface area contributed by atoms with Gasteiger partial charge >= 0.3 is 0 Å². The second-order valence-corrected chi connectivity index (χ2v) is 3.09. The van der Waals surface area contributed by atoms with E-state index in [4.69, 9.17) is 4.74 Å². The number of ether oxygens (including phenoxy) is 1. The summed E-state index contributed by atoms with van der Waals surface area (Å²) in [6, 6.07) is 5.78. The van der Waals surface area contributed by atoms with Crippen molar-refractivity contribution in [1.82, 2.24) is 9.97 Å². The molecular formula is C11H12N2O. The van der Waals surface area contributed by atoms with Crippen molar-refractivity contribution >= 4 is 11.0 Å². The summed E-state index contributed by atoms with van der Waals surface area (Å²) >= 11 is 0. The van der Waals surface area contributed by atoms with Gasteiger partial charge in [0.2, 0.25) is 5.88 Å². The number of hydrogen-bond donors (Lipinski definition) is 0. The van der Waals surface area contributed by atoms with Crippen molar-refractivity contribution in [2.24, 2.45) is 0 Å². The molecular weight excluding hydrogens is 176 g/mol. The Morgan fingerprint density at radius 1 is 1.29 bits per heavy atom. The Balaban J connectivity index is 2.60. The van der Waals surface area contributed by atoms with E-state index in [1.165, 1.54) is 5.56 Å². The molecule has 14 heavy (non-hydrogen) atoms. The molecule has 0 amide bonds. The molecule has 0 atom stereocenters. The van der Waals surface area contributed by atoms with Crippen molar-refractivity contribution in [3.8, 4) is 5.88 Å². The Hall–Kier alpha value is -1.64. The van der Waals surface area contributed by atoms with Gasteiger partial charge in [0, 0.05) is 12.3 Å². The van der Waals surface area contributed by atoms with Gasteiger partial charge in [-0.3, -0.25) is 4.98 Å². The van der Waals surface area contributed by atoms with Gasteiger partial charge in [0.1, 0.15) is 0 Å². The number of pyridine rings is 2. The van der Waals surface area contributed by atoms with Crippen molar-refractivity contribution < 1.29 is 4.74 Å². The molecule has 0 aliphatic heterocycles. The summed E-state index contributed by atoms with van der Waals surface area (Å²) in [5.41, 5.74) is 2.99. The van der Waals surface area contributed by atoms with E-state index >= 15 is 0 Å². The number of fused-ring (bicyclic) bond motifs is 1. The van der Waals surface area contributed by atoms with E-state index in [-0.39, 0.29) is 0 Å². The van der Waals surface area contributed by atoms with Crippen LogP contribution in [0.3, 0.4) is 0 Å². The Labute approximate surface area is 82.8 Å². The van der Waals surface area contributed by atoms with E-state index in [9.17, 15) is 0 Å². The number of rotatable bonds is 2. The summed E-state index contributed by atoms with van der Waals surface area (Å²) in [4.78, 5) is 8.63. The Kier molecular flexibility index (Phi) is 2.31. The van der Waals surface area contributed by atoms with Crippen LogP contribution in [0.4, 0.5) is 0 Å². The maximum absolute atomic E-state index is 5.06. The lowest BCUT2D eigenvalue weighted by Crippen LogP contribution is -1.90. The zero-order valence-corrected chi connectivity index (χ0v) is 8.32. The summed E-state index contributed by atoms with van der Waals surface area (Å²) in [7, 11) is 1.62. The number of aryl methyl sites for hydroxylation is 1. The third-order valence-corrected chi connectivity index (χ3v) is 2.19. The first-order valence-corrected chi connectivity index (χ1v) is 4.63. The van der Waals surface area contributed by atoms with Gasteiger partial charge < -0.3 is 4.74 Å². The highest BCUT2D eigenvalue weighted by atomic mass is 16.5. The molecule has 0 aromatic carbocycles. The van der Waals surface area contributed by atoms with E-state index in [2.05, 4.69) is 16.9 Å². The van der Waals surface area contributed by atoms with Crippen molar-refractivity contribution in [1.29, 1.82) is 0 Å². The fourth-order valence-electron chi connectivity index (χ4n) is 1.34. The average molecular weight is 188 g/mol. The third-order valence-electron chi connectivity index (χ3n) is 2.19. The molecule has 0 N–H and O–H groups in total. The maximum Gasteiger partial charge on any atom is 0.213 e. The highest BCUT2D eigenvalue weighted by Crippen LogP contribution is 2.15. The van der Waals surface area contributed by atoms with Crippen LogP contribution in [0, 0.1) is 0 Å². The first kappa shape index (κ1) is 8.94. The molecule has 0 saturated heterocycles. The number of methoxy groups -OCH3 is 1. The van der Waals surface area contributed by atoms with E-state index in [1.54, 1.807) is 7.11 Å². The predicted octanol–water partition coefficient (Wildman–Crippen LogP) is 2.20. The van der Waals surface area contributed by atoms with E-state index in [0.29, 0.717) is 5.88 Å². The van der Waals surface area contributed by atoms with Crippen LogP contribution in [0.1, 0.15) is 12.5 Å². The van der Waals surface area contributed by atoms with Gasteiger partial charge in [-0.25, -0.2) is 4.98 Å². The first-order valence-electron chi connectivity index (χ1n) is 4.63. The van der Waals surface area contributed by atoms with Gasteiger partial charge in [0.05, 0.1) is 18.1 Å². The van der Waals surface area contributed by atoms with E-state index in [1.807, 2.05) is 24.4 Å². The van der Waals surface area contributed by atoms with Crippen LogP contribution >= 0.6 is 0 Å². The van der Waals surface area contributed by atoms with Gasteiger partial charge in [-0.2, -0.15) is 0 Å². The van der Waals surface area contributed by atoms with Crippen LogP contribution in [0.2, 0.25) is 0 Å². The Morgan fingerprint density at radius 2 is 2.14 bits per heavy atom. The summed E-state index contributed by atoms with van der Waals surface area (Å²) in [6.07, 6.45) is 2.86. The minimum Gasteiger partial charge on any atom is -0.481 e. The first-order chi connectivity index (χ1) is 6.83. The summed E-state index contributed by atoms with van der Waals surface area (Å²) in [5.74, 6) is 0.632. The van der Waals surface area contributed by atoms with Crippen LogP contribution in [0.5, 0.6) is 5.88 Å². The quantitative estimate of drug-likeness (QED) is 0.724. The normalized spacial score (nSPS) is 10.4. The smallest absolute Gasteiger partial charge is 0.213 e. The Bertz CT molecular complexity index is 415. The molecule has 0 aliphatic carbocycles. The lowest BCUT2D eigenvalue weighted by molar-refractivity contribution is 0.399. The molecule has 0 saturated carbocycles. The molecule has 3 nitrogen and oxygen atoms in total. The second-order valence-electron chi connectivity index (χ2n) is 3.09. The topological polar surface area (TPSA) is 35.0 Å². The standard InChI is InChI=1S/C11H12N2O/c1-3-8-6-10-9(12-7-8)4-5-11(13-10)14-2/h4-7H,3H2,1-2H3. The molecule has 3 heteroatoms. The van der Waals surface area contributed by atoms with Gasteiger partial charge in [-0.05, 0) is 24.1 Å². The lowest BCUT2D eigenvalue weighted by Gasteiger charge is -2.02. The molecule has 72 valence electrons. The molecule has 0 fully saturated rings. The molecule has 0 radical (unpaired) electrons. The van der Waals surface area contributed by atoms with Gasteiger partial charge in [0.25, 0.3) is 0 Å². The van der Waals surface area contributed by atoms with Crippen LogP contribution < -0.4 is 4.74 Å². The monoisotopic (exact) mass is 188 g/mol. The minimum atomic E-state index is 0.632. The lowest BCUT2D eigenvalue weighted by atomic mass is 10.2. The van der Waals surface area contributed by atoms with Crippen LogP contribution in [-0.4, -0.2) is 17.1 Å². The molecule has 0 aliphatic rings. The minimum absolute atomic E-state index is 0.632. The number of nitrogens with zero attached hydrogens (tertiary/aromatic N) is 2. The average Bonchev–Trinajstić information content (AvgIpc) is 2.27. The van der Waals surface area contributed by atoms with Gasteiger partial charge in [-0.15, -0.1) is 0 Å². The van der Waals surface area contributed by atoms with Gasteiger partial charge in [0.15, 0.2) is 0 Å². The third kappa shape index (κ3) is 1.53.